The molecule has 0 aromatic heterocycles. The van der Waals surface area contributed by atoms with Crippen LogP contribution in [0.25, 0.3) is 0 Å². The maximum Gasteiger partial charge on any atom is 0.410 e. The molecule has 0 bridgehead atoms. The lowest BCUT2D eigenvalue weighted by molar-refractivity contribution is 0.0227. The second-order valence-electron chi connectivity index (χ2n) is 6.00. The second kappa shape index (κ2) is 8.50. The number of nitrogens with one attached hydrogen (secondary N) is 1. The number of nitroso groups, excluding NO2 is 1. The van der Waals surface area contributed by atoms with Crippen molar-refractivity contribution < 1.29 is 14.3 Å². The highest BCUT2D eigenvalue weighted by Crippen LogP contribution is 2.11. The molecule has 116 valence electrons. The lowest BCUT2D eigenvalue weighted by Gasteiger charge is -2.28. The number of rotatable bonds is 6. The SMILES string of the molecule is CC(C)CN(CCCNC(=O)N=O)C(=O)OC(C)(C)C. The van der Waals surface area contributed by atoms with Crippen molar-refractivity contribution in [3.8, 4) is 0 Å². The smallest absolute Gasteiger partial charge is 0.410 e. The summed E-state index contributed by atoms with van der Waals surface area (Å²) in [4.78, 5) is 34.2. The molecule has 0 aromatic rings. The summed E-state index contributed by atoms with van der Waals surface area (Å²) >= 11 is 0. The van der Waals surface area contributed by atoms with Gasteiger partial charge in [-0.05, 0) is 33.1 Å². The van der Waals surface area contributed by atoms with Crippen LogP contribution in [-0.4, -0.2) is 42.3 Å². The van der Waals surface area contributed by atoms with E-state index in [2.05, 4.69) is 10.5 Å². The molecule has 0 aliphatic rings. The lowest BCUT2D eigenvalue weighted by Crippen LogP contribution is -2.40. The Morgan fingerprint density at radius 2 is 1.90 bits per heavy atom. The van der Waals surface area contributed by atoms with E-state index in [1.807, 2.05) is 34.6 Å². The van der Waals surface area contributed by atoms with Gasteiger partial charge >= 0.3 is 12.1 Å². The van der Waals surface area contributed by atoms with Gasteiger partial charge in [-0.25, -0.2) is 9.59 Å². The van der Waals surface area contributed by atoms with Gasteiger partial charge in [-0.2, -0.15) is 0 Å². The molecule has 0 radical (unpaired) electrons. The summed E-state index contributed by atoms with van der Waals surface area (Å²) in [6, 6.07) is -0.891. The van der Waals surface area contributed by atoms with Gasteiger partial charge in [0.1, 0.15) is 5.60 Å². The Kier molecular flexibility index (Phi) is 7.79. The molecule has 1 N–H and O–H groups in total. The maximum atomic E-state index is 12.0. The molecule has 7 nitrogen and oxygen atoms in total. The standard InChI is InChI=1S/C13H25N3O4/c1-10(2)9-16(12(18)20-13(3,4)5)8-6-7-14-11(17)15-19/h10H,6-9H2,1-5H3,(H,14,17). The van der Waals surface area contributed by atoms with Gasteiger partial charge in [0.25, 0.3) is 0 Å². The quantitative estimate of drug-likeness (QED) is 0.601. The fourth-order valence-corrected chi connectivity index (χ4v) is 1.52. The van der Waals surface area contributed by atoms with E-state index in [9.17, 15) is 14.5 Å². The first-order chi connectivity index (χ1) is 9.15. The summed E-state index contributed by atoms with van der Waals surface area (Å²) in [6.45, 7) is 10.8. The zero-order valence-corrected chi connectivity index (χ0v) is 12.9. The first-order valence-electron chi connectivity index (χ1n) is 6.75. The monoisotopic (exact) mass is 287 g/mol. The number of ether oxygens (including phenoxy) is 1. The van der Waals surface area contributed by atoms with E-state index in [1.165, 1.54) is 0 Å². The van der Waals surface area contributed by atoms with E-state index in [0.29, 0.717) is 32.0 Å². The molecule has 0 saturated heterocycles. The maximum absolute atomic E-state index is 12.0. The first kappa shape index (κ1) is 18.3. The molecule has 0 rings (SSSR count). The molecule has 0 aromatic carbocycles. The van der Waals surface area contributed by atoms with Gasteiger partial charge in [0, 0.05) is 24.8 Å². The largest absolute Gasteiger partial charge is 0.444 e. The predicted octanol–water partition coefficient (Wildman–Crippen LogP) is 2.75. The van der Waals surface area contributed by atoms with Gasteiger partial charge < -0.3 is 15.0 Å². The van der Waals surface area contributed by atoms with Crippen LogP contribution < -0.4 is 5.32 Å². The van der Waals surface area contributed by atoms with Crippen LogP contribution in [-0.2, 0) is 4.74 Å². The molecule has 0 aliphatic heterocycles. The third-order valence-electron chi connectivity index (χ3n) is 2.20. The Morgan fingerprint density at radius 3 is 2.35 bits per heavy atom. The van der Waals surface area contributed by atoms with Crippen molar-refractivity contribution >= 4 is 12.1 Å². The fraction of sp³-hybridized carbons (Fsp3) is 0.846. The number of nitrogens with zero attached hydrogens (tertiary/aromatic N) is 2. The molecular formula is C13H25N3O4. The van der Waals surface area contributed by atoms with Crippen LogP contribution in [0.4, 0.5) is 9.59 Å². The number of urea groups is 1. The highest BCUT2D eigenvalue weighted by atomic mass is 16.6. The molecule has 0 fully saturated rings. The highest BCUT2D eigenvalue weighted by molar-refractivity contribution is 5.74. The minimum Gasteiger partial charge on any atom is -0.444 e. The molecule has 0 unspecified atom stereocenters. The van der Waals surface area contributed by atoms with Crippen LogP contribution in [0.5, 0.6) is 0 Å². The molecule has 7 heteroatoms. The van der Waals surface area contributed by atoms with Crippen molar-refractivity contribution in [3.05, 3.63) is 4.91 Å². The van der Waals surface area contributed by atoms with E-state index in [-0.39, 0.29) is 6.09 Å². The Hall–Kier alpha value is -1.66. The van der Waals surface area contributed by atoms with E-state index in [4.69, 9.17) is 4.74 Å². The highest BCUT2D eigenvalue weighted by Gasteiger charge is 2.22. The predicted molar refractivity (Wildman–Crippen MR) is 76.5 cm³/mol. The molecule has 3 amide bonds. The molecular weight excluding hydrogens is 262 g/mol. The zero-order chi connectivity index (χ0) is 15.8. The van der Waals surface area contributed by atoms with Crippen LogP contribution in [0, 0.1) is 10.8 Å². The van der Waals surface area contributed by atoms with Crippen molar-refractivity contribution in [3.63, 3.8) is 0 Å². The van der Waals surface area contributed by atoms with Gasteiger partial charge in [-0.15, -0.1) is 4.91 Å². The van der Waals surface area contributed by atoms with E-state index < -0.39 is 11.6 Å². The van der Waals surface area contributed by atoms with Crippen molar-refractivity contribution in [1.29, 1.82) is 0 Å². The lowest BCUT2D eigenvalue weighted by atomic mass is 10.2. The minimum absolute atomic E-state index is 0.294. The van der Waals surface area contributed by atoms with Crippen molar-refractivity contribution in [2.45, 2.75) is 46.6 Å². The van der Waals surface area contributed by atoms with Crippen LogP contribution in [0.15, 0.2) is 5.18 Å². The van der Waals surface area contributed by atoms with Crippen molar-refractivity contribution in [2.24, 2.45) is 11.1 Å². The molecule has 0 atom stereocenters. The van der Waals surface area contributed by atoms with Gasteiger partial charge in [0.05, 0.1) is 0 Å². The zero-order valence-electron chi connectivity index (χ0n) is 12.9. The van der Waals surface area contributed by atoms with Gasteiger partial charge in [0.15, 0.2) is 0 Å². The van der Waals surface area contributed by atoms with E-state index in [0.717, 1.165) is 0 Å². The number of hydrogen-bond donors (Lipinski definition) is 1. The molecule has 0 spiro atoms. The van der Waals surface area contributed by atoms with E-state index in [1.54, 1.807) is 4.90 Å². The summed E-state index contributed by atoms with van der Waals surface area (Å²) in [5, 5.41) is 4.56. The summed E-state index contributed by atoms with van der Waals surface area (Å²) in [5.41, 5.74) is -0.540. The molecule has 20 heavy (non-hydrogen) atoms. The van der Waals surface area contributed by atoms with Gasteiger partial charge in [0.2, 0.25) is 0 Å². The number of hydrogen-bond acceptors (Lipinski definition) is 4. The minimum atomic E-state index is -0.891. The number of carbonyl (C=O) groups excluding carboxylic acids is 2. The van der Waals surface area contributed by atoms with Gasteiger partial charge in [-0.3, -0.25) is 0 Å². The van der Waals surface area contributed by atoms with Crippen LogP contribution in [0.1, 0.15) is 41.0 Å². The summed E-state index contributed by atoms with van der Waals surface area (Å²) in [6.07, 6.45) is 0.166. The third kappa shape index (κ3) is 9.29. The van der Waals surface area contributed by atoms with Crippen molar-refractivity contribution in [1.82, 2.24) is 10.2 Å². The summed E-state index contributed by atoms with van der Waals surface area (Å²) in [7, 11) is 0. The summed E-state index contributed by atoms with van der Waals surface area (Å²) < 4.78 is 5.33. The topological polar surface area (TPSA) is 88.1 Å². The molecule has 0 heterocycles. The number of amides is 3. The average molecular weight is 287 g/mol. The van der Waals surface area contributed by atoms with Crippen LogP contribution >= 0.6 is 0 Å². The third-order valence-corrected chi connectivity index (χ3v) is 2.20. The van der Waals surface area contributed by atoms with Crippen LogP contribution in [0.3, 0.4) is 0 Å². The van der Waals surface area contributed by atoms with Gasteiger partial charge in [-0.1, -0.05) is 13.8 Å². The first-order valence-corrected chi connectivity index (χ1v) is 6.75. The average Bonchev–Trinajstić information content (AvgIpc) is 2.29. The molecule has 0 saturated carbocycles. The molecule has 0 aliphatic carbocycles. The van der Waals surface area contributed by atoms with E-state index >= 15 is 0 Å². The summed E-state index contributed by atoms with van der Waals surface area (Å²) in [5.74, 6) is 0.314. The number of carbonyl (C=O) groups is 2. The fourth-order valence-electron chi connectivity index (χ4n) is 1.52. The normalized spacial score (nSPS) is 11.1. The second-order valence-corrected chi connectivity index (χ2v) is 6.00. The Morgan fingerprint density at radius 1 is 1.30 bits per heavy atom. The Labute approximate surface area is 120 Å². The Bertz CT molecular complexity index is 337. The Balaban J connectivity index is 4.31. The van der Waals surface area contributed by atoms with Crippen molar-refractivity contribution in [2.75, 3.05) is 19.6 Å². The van der Waals surface area contributed by atoms with Crippen LogP contribution in [0.2, 0.25) is 0 Å².